The number of amides is 1. The van der Waals surface area contributed by atoms with Gasteiger partial charge in [0.25, 0.3) is 0 Å². The number of rotatable bonds is 3. The number of carboxylic acids is 1. The van der Waals surface area contributed by atoms with Crippen molar-refractivity contribution in [1.29, 1.82) is 0 Å². The van der Waals surface area contributed by atoms with Crippen LogP contribution in [0.4, 0.5) is 4.79 Å². The Hall–Kier alpha value is -1.75. The summed E-state index contributed by atoms with van der Waals surface area (Å²) in [4.78, 5) is 23.7. The van der Waals surface area contributed by atoms with Gasteiger partial charge in [0, 0.05) is 10.6 Å². The van der Waals surface area contributed by atoms with Crippen molar-refractivity contribution < 1.29 is 19.8 Å². The zero-order valence-corrected chi connectivity index (χ0v) is 11.7. The fraction of sp³-hybridized carbons (Fsp3) is 0.385. The van der Waals surface area contributed by atoms with Gasteiger partial charge >= 0.3 is 12.1 Å². The van der Waals surface area contributed by atoms with Gasteiger partial charge in [-0.05, 0) is 38.5 Å². The lowest BCUT2D eigenvalue weighted by molar-refractivity contribution is -0.144. The van der Waals surface area contributed by atoms with Crippen molar-refractivity contribution in [3.05, 3.63) is 34.9 Å². The Morgan fingerprint density at radius 2 is 1.63 bits per heavy atom. The van der Waals surface area contributed by atoms with Crippen LogP contribution in [-0.4, -0.2) is 32.7 Å². The summed E-state index contributed by atoms with van der Waals surface area (Å²) in [6.07, 6.45) is -1.28. The second kappa shape index (κ2) is 5.48. The maximum absolute atomic E-state index is 11.4. The van der Waals surface area contributed by atoms with Crippen molar-refractivity contribution in [3.63, 3.8) is 0 Å². The average Bonchev–Trinajstić information content (AvgIpc) is 2.24. The first-order valence-corrected chi connectivity index (χ1v) is 6.03. The van der Waals surface area contributed by atoms with Crippen molar-refractivity contribution >= 4 is 23.7 Å². The van der Waals surface area contributed by atoms with Crippen molar-refractivity contribution in [1.82, 2.24) is 4.90 Å². The topological polar surface area (TPSA) is 77.8 Å². The molecule has 0 aliphatic carbocycles. The summed E-state index contributed by atoms with van der Waals surface area (Å²) in [7, 11) is 0. The Morgan fingerprint density at radius 3 is 1.95 bits per heavy atom. The summed E-state index contributed by atoms with van der Waals surface area (Å²) in [6.45, 7) is 4.94. The van der Waals surface area contributed by atoms with Gasteiger partial charge < -0.3 is 10.2 Å². The van der Waals surface area contributed by atoms with Crippen LogP contribution < -0.4 is 0 Å². The number of benzene rings is 1. The number of aliphatic carboxylic acids is 1. The van der Waals surface area contributed by atoms with E-state index < -0.39 is 23.6 Å². The van der Waals surface area contributed by atoms with Crippen molar-refractivity contribution in [2.75, 3.05) is 0 Å². The third kappa shape index (κ3) is 3.61. The minimum absolute atomic E-state index is 0.370. The molecule has 0 saturated carbocycles. The molecule has 6 heteroatoms. The van der Waals surface area contributed by atoms with Crippen molar-refractivity contribution in [2.45, 2.75) is 32.4 Å². The molecule has 0 saturated heterocycles. The third-order valence-electron chi connectivity index (χ3n) is 2.61. The van der Waals surface area contributed by atoms with Gasteiger partial charge in [-0.3, -0.25) is 4.90 Å². The van der Waals surface area contributed by atoms with Gasteiger partial charge in [0.2, 0.25) is 0 Å². The molecule has 0 bridgehead atoms. The van der Waals surface area contributed by atoms with Gasteiger partial charge in [-0.1, -0.05) is 23.7 Å². The molecule has 0 heterocycles. The van der Waals surface area contributed by atoms with Crippen LogP contribution in [0.15, 0.2) is 24.3 Å². The molecular weight excluding hydrogens is 270 g/mol. The summed E-state index contributed by atoms with van der Waals surface area (Å²) < 4.78 is 0. The molecular formula is C13H16ClNO4. The van der Waals surface area contributed by atoms with E-state index >= 15 is 0 Å². The van der Waals surface area contributed by atoms with E-state index in [-0.39, 0.29) is 0 Å². The van der Waals surface area contributed by atoms with Crippen LogP contribution in [0, 0.1) is 0 Å². The lowest BCUT2D eigenvalue weighted by Gasteiger charge is -2.37. The van der Waals surface area contributed by atoms with Crippen molar-refractivity contribution in [2.24, 2.45) is 0 Å². The number of carboxylic acid groups (broad SMARTS) is 2. The first kappa shape index (κ1) is 15.3. The van der Waals surface area contributed by atoms with Crippen LogP contribution in [-0.2, 0) is 4.79 Å². The number of carbonyl (C=O) groups is 2. The fourth-order valence-corrected chi connectivity index (χ4v) is 1.96. The number of nitrogens with zero attached hydrogens (tertiary/aromatic N) is 1. The first-order chi connectivity index (χ1) is 8.64. The van der Waals surface area contributed by atoms with Crippen LogP contribution in [0.5, 0.6) is 0 Å². The van der Waals surface area contributed by atoms with Gasteiger partial charge in [-0.25, -0.2) is 9.59 Å². The highest BCUT2D eigenvalue weighted by atomic mass is 35.5. The largest absolute Gasteiger partial charge is 0.479 e. The Bertz CT molecular complexity index is 478. The highest BCUT2D eigenvalue weighted by molar-refractivity contribution is 6.30. The molecule has 1 atom stereocenters. The maximum atomic E-state index is 11.4. The zero-order chi connectivity index (χ0) is 14.8. The molecule has 1 aromatic rings. The van der Waals surface area contributed by atoms with Gasteiger partial charge in [-0.15, -0.1) is 0 Å². The summed E-state index contributed by atoms with van der Waals surface area (Å²) in [6, 6.07) is 4.84. The monoisotopic (exact) mass is 285 g/mol. The third-order valence-corrected chi connectivity index (χ3v) is 2.86. The van der Waals surface area contributed by atoms with Crippen LogP contribution >= 0.6 is 11.6 Å². The molecule has 0 aliphatic rings. The SMILES string of the molecule is CC(C)(C)N(C(=O)O)[C@H](C(=O)O)c1ccc(Cl)cc1. The molecule has 0 aromatic heterocycles. The summed E-state index contributed by atoms with van der Waals surface area (Å²) in [5, 5.41) is 19.1. The Kier molecular flexibility index (Phi) is 4.42. The second-order valence-corrected chi connectivity index (χ2v) is 5.55. The lowest BCUT2D eigenvalue weighted by Crippen LogP contribution is -2.49. The smallest absolute Gasteiger partial charge is 0.408 e. The van der Waals surface area contributed by atoms with E-state index in [9.17, 15) is 19.8 Å². The molecule has 1 amide bonds. The number of hydrogen-bond acceptors (Lipinski definition) is 2. The lowest BCUT2D eigenvalue weighted by atomic mass is 9.98. The number of halogens is 1. The Balaban J connectivity index is 3.30. The van der Waals surface area contributed by atoms with Crippen molar-refractivity contribution in [3.8, 4) is 0 Å². The van der Waals surface area contributed by atoms with E-state index in [1.54, 1.807) is 20.8 Å². The predicted molar refractivity (Wildman–Crippen MR) is 71.4 cm³/mol. The molecule has 2 N–H and O–H groups in total. The second-order valence-electron chi connectivity index (χ2n) is 5.12. The van der Waals surface area contributed by atoms with Gasteiger partial charge in [-0.2, -0.15) is 0 Å². The molecule has 0 radical (unpaired) electrons. The predicted octanol–water partition coefficient (Wildman–Crippen LogP) is 3.24. The van der Waals surface area contributed by atoms with Gasteiger partial charge in [0.15, 0.2) is 6.04 Å². The van der Waals surface area contributed by atoms with E-state index in [4.69, 9.17) is 11.6 Å². The van der Waals surface area contributed by atoms with E-state index in [1.807, 2.05) is 0 Å². The summed E-state index contributed by atoms with van der Waals surface area (Å²) in [5.41, 5.74) is -0.469. The average molecular weight is 286 g/mol. The summed E-state index contributed by atoms with van der Waals surface area (Å²) >= 11 is 5.75. The molecule has 1 aromatic carbocycles. The molecule has 19 heavy (non-hydrogen) atoms. The molecule has 5 nitrogen and oxygen atoms in total. The molecule has 0 spiro atoms. The van der Waals surface area contributed by atoms with Crippen LogP contribution in [0.25, 0.3) is 0 Å². The first-order valence-electron chi connectivity index (χ1n) is 5.65. The van der Waals surface area contributed by atoms with E-state index in [2.05, 4.69) is 0 Å². The van der Waals surface area contributed by atoms with Crippen LogP contribution in [0.2, 0.25) is 5.02 Å². The maximum Gasteiger partial charge on any atom is 0.408 e. The normalized spacial score (nSPS) is 12.8. The van der Waals surface area contributed by atoms with Gasteiger partial charge in [0.1, 0.15) is 0 Å². The minimum atomic E-state index is -1.28. The van der Waals surface area contributed by atoms with Crippen LogP contribution in [0.1, 0.15) is 32.4 Å². The molecule has 0 fully saturated rings. The highest BCUT2D eigenvalue weighted by Gasteiger charge is 2.38. The molecule has 1 rings (SSSR count). The van der Waals surface area contributed by atoms with E-state index in [1.165, 1.54) is 24.3 Å². The standard InChI is InChI=1S/C13H16ClNO4/c1-13(2,3)15(12(18)19)10(11(16)17)8-4-6-9(14)7-5-8/h4-7,10H,1-3H3,(H,16,17)(H,18,19)/t10-/m0/s1. The molecule has 104 valence electrons. The quantitative estimate of drug-likeness (QED) is 0.893. The Morgan fingerprint density at radius 1 is 1.16 bits per heavy atom. The zero-order valence-electron chi connectivity index (χ0n) is 10.9. The molecule has 0 aliphatic heterocycles. The minimum Gasteiger partial charge on any atom is -0.479 e. The fourth-order valence-electron chi connectivity index (χ4n) is 1.83. The molecule has 0 unspecified atom stereocenters. The highest BCUT2D eigenvalue weighted by Crippen LogP contribution is 2.29. The number of hydrogen-bond donors (Lipinski definition) is 2. The van der Waals surface area contributed by atoms with Crippen LogP contribution in [0.3, 0.4) is 0 Å². The van der Waals surface area contributed by atoms with E-state index in [0.717, 1.165) is 4.90 Å². The Labute approximate surface area is 116 Å². The van der Waals surface area contributed by atoms with E-state index in [0.29, 0.717) is 10.6 Å². The van der Waals surface area contributed by atoms with Gasteiger partial charge in [0.05, 0.1) is 0 Å². The summed E-state index contributed by atoms with van der Waals surface area (Å²) in [5.74, 6) is -1.22.